The number of rotatable bonds is 2. The van der Waals surface area contributed by atoms with Gasteiger partial charge in [0, 0.05) is 13.1 Å². The van der Waals surface area contributed by atoms with Gasteiger partial charge in [-0.25, -0.2) is 4.79 Å². The van der Waals surface area contributed by atoms with Crippen molar-refractivity contribution >= 4 is 12.0 Å². The van der Waals surface area contributed by atoms with E-state index in [0.29, 0.717) is 19.4 Å². The zero-order chi connectivity index (χ0) is 10.1. The molecule has 5 nitrogen and oxygen atoms in total. The van der Waals surface area contributed by atoms with Crippen molar-refractivity contribution < 1.29 is 14.7 Å². The summed E-state index contributed by atoms with van der Waals surface area (Å²) in [5, 5.41) is 8.98. The van der Waals surface area contributed by atoms with E-state index >= 15 is 0 Å². The third-order valence-corrected chi connectivity index (χ3v) is 2.80. The number of primary amides is 1. The highest BCUT2D eigenvalue weighted by Crippen LogP contribution is 2.33. The van der Waals surface area contributed by atoms with Crippen LogP contribution in [0, 0.1) is 5.41 Å². The maximum absolute atomic E-state index is 10.9. The van der Waals surface area contributed by atoms with Crippen LogP contribution in [-0.4, -0.2) is 35.1 Å². The smallest absolute Gasteiger partial charge is 0.314 e. The Morgan fingerprint density at radius 1 is 1.62 bits per heavy atom. The lowest BCUT2D eigenvalue weighted by molar-refractivity contribution is -0.148. The number of hydrogen-bond donors (Lipinski definition) is 2. The highest BCUT2D eigenvalue weighted by molar-refractivity contribution is 5.78. The van der Waals surface area contributed by atoms with Crippen molar-refractivity contribution in [2.24, 2.45) is 11.1 Å². The van der Waals surface area contributed by atoms with Gasteiger partial charge in [0.2, 0.25) is 0 Å². The molecule has 1 fully saturated rings. The maximum atomic E-state index is 10.9. The van der Waals surface area contributed by atoms with Crippen LogP contribution in [-0.2, 0) is 4.79 Å². The van der Waals surface area contributed by atoms with E-state index in [-0.39, 0.29) is 6.54 Å². The van der Waals surface area contributed by atoms with Crippen molar-refractivity contribution in [1.82, 2.24) is 4.90 Å². The van der Waals surface area contributed by atoms with E-state index in [1.165, 1.54) is 4.90 Å². The van der Waals surface area contributed by atoms with Crippen LogP contribution in [0.1, 0.15) is 19.8 Å². The predicted octanol–water partition coefficient (Wildman–Crippen LogP) is 0.252. The summed E-state index contributed by atoms with van der Waals surface area (Å²) in [5.41, 5.74) is 4.30. The minimum absolute atomic E-state index is 0.244. The number of amides is 2. The van der Waals surface area contributed by atoms with Crippen LogP contribution in [0.15, 0.2) is 0 Å². The summed E-state index contributed by atoms with van der Waals surface area (Å²) in [7, 11) is 0. The SMILES string of the molecule is CCC1(C(=O)O)CCN(C(N)=O)C1. The second-order valence-corrected chi connectivity index (χ2v) is 3.45. The largest absolute Gasteiger partial charge is 0.481 e. The third-order valence-electron chi connectivity index (χ3n) is 2.80. The van der Waals surface area contributed by atoms with Gasteiger partial charge < -0.3 is 15.7 Å². The average molecular weight is 186 g/mol. The van der Waals surface area contributed by atoms with Gasteiger partial charge in [-0.15, -0.1) is 0 Å². The normalized spacial score (nSPS) is 27.6. The van der Waals surface area contributed by atoms with Gasteiger partial charge in [0.05, 0.1) is 5.41 Å². The van der Waals surface area contributed by atoms with Crippen molar-refractivity contribution in [2.75, 3.05) is 13.1 Å². The molecule has 0 aromatic rings. The summed E-state index contributed by atoms with van der Waals surface area (Å²) in [5.74, 6) is -0.834. The molecule has 1 unspecified atom stereocenters. The topological polar surface area (TPSA) is 83.6 Å². The molecule has 0 aliphatic carbocycles. The minimum atomic E-state index is -0.834. The molecule has 2 amide bonds. The van der Waals surface area contributed by atoms with Crippen molar-refractivity contribution in [1.29, 1.82) is 0 Å². The second-order valence-electron chi connectivity index (χ2n) is 3.45. The molecule has 1 aliphatic rings. The molecule has 5 heteroatoms. The molecule has 0 spiro atoms. The van der Waals surface area contributed by atoms with E-state index in [4.69, 9.17) is 10.8 Å². The standard InChI is InChI=1S/C8H14N2O3/c1-2-8(6(11)12)3-4-10(5-8)7(9)13/h2-5H2,1H3,(H2,9,13)(H,11,12). The Bertz CT molecular complexity index is 242. The summed E-state index contributed by atoms with van der Waals surface area (Å²) in [6, 6.07) is -0.531. The molecule has 1 saturated heterocycles. The van der Waals surface area contributed by atoms with E-state index in [0.717, 1.165) is 0 Å². The van der Waals surface area contributed by atoms with E-state index in [2.05, 4.69) is 0 Å². The van der Waals surface area contributed by atoms with Crippen LogP contribution in [0.5, 0.6) is 0 Å². The van der Waals surface area contributed by atoms with E-state index in [1.807, 2.05) is 6.92 Å². The lowest BCUT2D eigenvalue weighted by Crippen LogP contribution is -2.38. The summed E-state index contributed by atoms with van der Waals surface area (Å²) < 4.78 is 0. The van der Waals surface area contributed by atoms with E-state index in [9.17, 15) is 9.59 Å². The Morgan fingerprint density at radius 3 is 2.46 bits per heavy atom. The minimum Gasteiger partial charge on any atom is -0.481 e. The van der Waals surface area contributed by atoms with Crippen molar-refractivity contribution in [3.8, 4) is 0 Å². The third kappa shape index (κ3) is 1.59. The molecule has 0 bridgehead atoms. The highest BCUT2D eigenvalue weighted by atomic mass is 16.4. The van der Waals surface area contributed by atoms with Gasteiger partial charge in [-0.05, 0) is 12.8 Å². The van der Waals surface area contributed by atoms with Crippen LogP contribution in [0.25, 0.3) is 0 Å². The molecule has 1 aliphatic heterocycles. The number of carbonyl (C=O) groups is 2. The van der Waals surface area contributed by atoms with Crippen LogP contribution in [0.2, 0.25) is 0 Å². The summed E-state index contributed by atoms with van der Waals surface area (Å²) >= 11 is 0. The van der Waals surface area contributed by atoms with Crippen molar-refractivity contribution in [2.45, 2.75) is 19.8 Å². The van der Waals surface area contributed by atoms with Gasteiger partial charge in [-0.1, -0.05) is 6.92 Å². The van der Waals surface area contributed by atoms with Crippen LogP contribution in [0.3, 0.4) is 0 Å². The van der Waals surface area contributed by atoms with Gasteiger partial charge in [-0.3, -0.25) is 4.79 Å². The highest BCUT2D eigenvalue weighted by Gasteiger charge is 2.44. The number of carbonyl (C=O) groups excluding carboxylic acids is 1. The average Bonchev–Trinajstić information content (AvgIpc) is 2.49. The van der Waals surface area contributed by atoms with Gasteiger partial charge in [-0.2, -0.15) is 0 Å². The number of nitrogens with zero attached hydrogens (tertiary/aromatic N) is 1. The first kappa shape index (κ1) is 9.83. The summed E-state index contributed by atoms with van der Waals surface area (Å²) in [4.78, 5) is 23.1. The lowest BCUT2D eigenvalue weighted by atomic mass is 9.84. The van der Waals surface area contributed by atoms with Gasteiger partial charge in [0.25, 0.3) is 0 Å². The molecule has 0 saturated carbocycles. The molecule has 1 rings (SSSR count). The lowest BCUT2D eigenvalue weighted by Gasteiger charge is -2.21. The first-order valence-electron chi connectivity index (χ1n) is 4.29. The van der Waals surface area contributed by atoms with Gasteiger partial charge >= 0.3 is 12.0 Å². The van der Waals surface area contributed by atoms with Crippen LogP contribution >= 0.6 is 0 Å². The molecule has 1 heterocycles. The molecule has 0 aromatic heterocycles. The van der Waals surface area contributed by atoms with Gasteiger partial charge in [0.15, 0.2) is 0 Å². The summed E-state index contributed by atoms with van der Waals surface area (Å²) in [6.07, 6.45) is 1.04. The van der Waals surface area contributed by atoms with E-state index in [1.54, 1.807) is 0 Å². The molecule has 0 radical (unpaired) electrons. The summed E-state index contributed by atoms with van der Waals surface area (Å²) in [6.45, 7) is 2.52. The number of carboxylic acids is 1. The fourth-order valence-electron chi connectivity index (χ4n) is 1.67. The Kier molecular flexibility index (Phi) is 2.45. The Morgan fingerprint density at radius 2 is 2.23 bits per heavy atom. The number of likely N-dealkylation sites (tertiary alicyclic amines) is 1. The zero-order valence-electron chi connectivity index (χ0n) is 7.62. The van der Waals surface area contributed by atoms with Crippen molar-refractivity contribution in [3.63, 3.8) is 0 Å². The Balaban J connectivity index is 2.74. The van der Waals surface area contributed by atoms with Crippen LogP contribution in [0.4, 0.5) is 4.79 Å². The molecular weight excluding hydrogens is 172 g/mol. The molecule has 3 N–H and O–H groups in total. The van der Waals surface area contributed by atoms with Crippen LogP contribution < -0.4 is 5.73 Å². The predicted molar refractivity (Wildman–Crippen MR) is 46.1 cm³/mol. The number of carboxylic acid groups (broad SMARTS) is 1. The second kappa shape index (κ2) is 3.24. The molecule has 74 valence electrons. The van der Waals surface area contributed by atoms with Crippen molar-refractivity contribution in [3.05, 3.63) is 0 Å². The fourth-order valence-corrected chi connectivity index (χ4v) is 1.67. The van der Waals surface area contributed by atoms with E-state index < -0.39 is 17.4 Å². The first-order chi connectivity index (χ1) is 6.02. The zero-order valence-corrected chi connectivity index (χ0v) is 7.62. The number of urea groups is 1. The molecule has 1 atom stereocenters. The molecule has 13 heavy (non-hydrogen) atoms. The quantitative estimate of drug-likeness (QED) is 0.648. The molecular formula is C8H14N2O3. The monoisotopic (exact) mass is 186 g/mol. The Labute approximate surface area is 76.5 Å². The fraction of sp³-hybridized carbons (Fsp3) is 0.750. The Hall–Kier alpha value is -1.26. The number of nitrogens with two attached hydrogens (primary N) is 1. The number of hydrogen-bond acceptors (Lipinski definition) is 2. The first-order valence-corrected chi connectivity index (χ1v) is 4.29. The molecule has 0 aromatic carbocycles. The maximum Gasteiger partial charge on any atom is 0.314 e. The van der Waals surface area contributed by atoms with Gasteiger partial charge in [0.1, 0.15) is 0 Å². The number of aliphatic carboxylic acids is 1.